The number of phenolic OH excluding ortho intramolecular Hbond substituents is 1. The van der Waals surface area contributed by atoms with Crippen LogP contribution >= 0.6 is 0 Å². The number of phenols is 1. The highest BCUT2D eigenvalue weighted by Gasteiger charge is 2.22. The minimum absolute atomic E-state index is 0.148. The second-order valence-electron chi connectivity index (χ2n) is 4.73. The molecule has 3 rings (SSSR count). The Morgan fingerprint density at radius 3 is 2.89 bits per heavy atom. The van der Waals surface area contributed by atoms with E-state index in [1.165, 1.54) is 0 Å². The highest BCUT2D eigenvalue weighted by Crippen LogP contribution is 2.24. The molecule has 2 N–H and O–H groups in total. The minimum atomic E-state index is -0.208. The molecule has 1 saturated carbocycles. The molecule has 0 spiro atoms. The molecule has 19 heavy (non-hydrogen) atoms. The van der Waals surface area contributed by atoms with Gasteiger partial charge in [0.2, 0.25) is 0 Å². The van der Waals surface area contributed by atoms with Gasteiger partial charge in [0.05, 0.1) is 0 Å². The van der Waals surface area contributed by atoms with Crippen molar-refractivity contribution in [2.45, 2.75) is 25.3 Å². The van der Waals surface area contributed by atoms with Crippen molar-refractivity contribution in [3.63, 3.8) is 0 Å². The van der Waals surface area contributed by atoms with Crippen LogP contribution < -0.4 is 5.32 Å². The lowest BCUT2D eigenvalue weighted by molar-refractivity contribution is 0.0908. The lowest BCUT2D eigenvalue weighted by Crippen LogP contribution is -2.39. The van der Waals surface area contributed by atoms with Crippen molar-refractivity contribution in [3.8, 4) is 17.1 Å². The molecule has 1 aromatic heterocycles. The van der Waals surface area contributed by atoms with Crippen molar-refractivity contribution in [2.75, 3.05) is 0 Å². The van der Waals surface area contributed by atoms with E-state index in [9.17, 15) is 9.90 Å². The van der Waals surface area contributed by atoms with Crippen molar-refractivity contribution in [1.82, 2.24) is 10.5 Å². The van der Waals surface area contributed by atoms with Crippen LogP contribution in [0, 0.1) is 0 Å². The molecule has 5 nitrogen and oxygen atoms in total. The Balaban J connectivity index is 1.77. The molecule has 1 fully saturated rings. The normalized spacial score (nSPS) is 14.9. The molecule has 0 aliphatic heterocycles. The Kier molecular flexibility index (Phi) is 2.95. The molecule has 0 atom stereocenters. The number of hydrogen-bond donors (Lipinski definition) is 2. The Morgan fingerprint density at radius 1 is 1.37 bits per heavy atom. The van der Waals surface area contributed by atoms with Crippen LogP contribution in [0.4, 0.5) is 0 Å². The van der Waals surface area contributed by atoms with Gasteiger partial charge < -0.3 is 14.9 Å². The number of nitrogens with zero attached hydrogens (tertiary/aromatic N) is 1. The predicted molar refractivity (Wildman–Crippen MR) is 68.7 cm³/mol. The molecule has 0 radical (unpaired) electrons. The quantitative estimate of drug-likeness (QED) is 0.886. The number of amides is 1. The fraction of sp³-hybridized carbons (Fsp3) is 0.286. The van der Waals surface area contributed by atoms with Gasteiger partial charge >= 0.3 is 0 Å². The van der Waals surface area contributed by atoms with E-state index < -0.39 is 0 Å². The molecule has 1 heterocycles. The van der Waals surface area contributed by atoms with Crippen molar-refractivity contribution >= 4 is 5.91 Å². The predicted octanol–water partition coefficient (Wildman–Crippen LogP) is 2.33. The summed E-state index contributed by atoms with van der Waals surface area (Å²) in [6.45, 7) is 0. The lowest BCUT2D eigenvalue weighted by Gasteiger charge is -2.25. The summed E-state index contributed by atoms with van der Waals surface area (Å²) >= 11 is 0. The molecule has 0 bridgehead atoms. The zero-order valence-corrected chi connectivity index (χ0v) is 10.3. The smallest absolute Gasteiger partial charge is 0.273 e. The first-order valence-electron chi connectivity index (χ1n) is 6.29. The zero-order valence-electron chi connectivity index (χ0n) is 10.3. The summed E-state index contributed by atoms with van der Waals surface area (Å²) in [7, 11) is 0. The summed E-state index contributed by atoms with van der Waals surface area (Å²) in [5, 5.41) is 16.1. The molecule has 1 aromatic carbocycles. The topological polar surface area (TPSA) is 75.4 Å². The first kappa shape index (κ1) is 11.8. The number of rotatable bonds is 3. The number of nitrogens with one attached hydrogen (secondary N) is 1. The number of benzene rings is 1. The van der Waals surface area contributed by atoms with Crippen molar-refractivity contribution < 1.29 is 14.4 Å². The molecule has 5 heteroatoms. The fourth-order valence-corrected chi connectivity index (χ4v) is 1.99. The monoisotopic (exact) mass is 258 g/mol. The third kappa shape index (κ3) is 2.45. The average Bonchev–Trinajstić information content (AvgIpc) is 2.83. The number of carbonyl (C=O) groups is 1. The molecule has 0 unspecified atom stereocenters. The largest absolute Gasteiger partial charge is 0.508 e. The standard InChI is InChI=1S/C14H14N2O3/c17-11-6-1-3-9(7-11)13-8-12(16-19-13)14(18)15-10-4-2-5-10/h1,3,6-8,10,17H,2,4-5H2,(H,15,18). The maximum Gasteiger partial charge on any atom is 0.273 e. The molecule has 1 aliphatic carbocycles. The Bertz CT molecular complexity index is 602. The van der Waals surface area contributed by atoms with Gasteiger partial charge in [0.25, 0.3) is 5.91 Å². The van der Waals surface area contributed by atoms with Crippen molar-refractivity contribution in [3.05, 3.63) is 36.0 Å². The molecule has 1 amide bonds. The van der Waals surface area contributed by atoms with Crippen LogP contribution in [-0.2, 0) is 0 Å². The van der Waals surface area contributed by atoms with Gasteiger partial charge in [-0.05, 0) is 31.4 Å². The summed E-state index contributed by atoms with van der Waals surface area (Å²) in [5.74, 6) is 0.406. The van der Waals surface area contributed by atoms with Crippen LogP contribution in [0.15, 0.2) is 34.9 Å². The molecular weight excluding hydrogens is 244 g/mol. The average molecular weight is 258 g/mol. The van der Waals surface area contributed by atoms with E-state index in [-0.39, 0.29) is 23.4 Å². The van der Waals surface area contributed by atoms with Crippen molar-refractivity contribution in [2.24, 2.45) is 0 Å². The highest BCUT2D eigenvalue weighted by molar-refractivity contribution is 5.93. The summed E-state index contributed by atoms with van der Waals surface area (Å²) in [5.41, 5.74) is 0.959. The summed E-state index contributed by atoms with van der Waals surface area (Å²) in [6, 6.07) is 8.49. The first-order valence-corrected chi connectivity index (χ1v) is 6.29. The van der Waals surface area contributed by atoms with Crippen LogP contribution in [0.25, 0.3) is 11.3 Å². The Labute approximate surface area is 110 Å². The fourth-order valence-electron chi connectivity index (χ4n) is 1.99. The van der Waals surface area contributed by atoms with Gasteiger partial charge in [-0.15, -0.1) is 0 Å². The Morgan fingerprint density at radius 2 is 2.21 bits per heavy atom. The van der Waals surface area contributed by atoms with Gasteiger partial charge in [-0.25, -0.2) is 0 Å². The van der Waals surface area contributed by atoms with E-state index in [0.717, 1.165) is 19.3 Å². The summed E-state index contributed by atoms with van der Waals surface area (Å²) < 4.78 is 5.14. The zero-order chi connectivity index (χ0) is 13.2. The first-order chi connectivity index (χ1) is 9.22. The van der Waals surface area contributed by atoms with Gasteiger partial charge in [-0.2, -0.15) is 0 Å². The maximum absolute atomic E-state index is 11.9. The number of hydrogen-bond acceptors (Lipinski definition) is 4. The van der Waals surface area contributed by atoms with Crippen molar-refractivity contribution in [1.29, 1.82) is 0 Å². The second-order valence-corrected chi connectivity index (χ2v) is 4.73. The number of aromatic hydroxyl groups is 1. The Hall–Kier alpha value is -2.30. The van der Waals surface area contributed by atoms with Gasteiger partial charge in [0.1, 0.15) is 5.75 Å². The molecule has 98 valence electrons. The maximum atomic E-state index is 11.9. The van der Waals surface area contributed by atoms with E-state index in [2.05, 4.69) is 10.5 Å². The van der Waals surface area contributed by atoms with Crippen LogP contribution in [0.5, 0.6) is 5.75 Å². The van der Waals surface area contributed by atoms with Gasteiger partial charge in [-0.1, -0.05) is 17.3 Å². The molecule has 0 saturated heterocycles. The van der Waals surface area contributed by atoms with E-state index in [1.54, 1.807) is 30.3 Å². The van der Waals surface area contributed by atoms with E-state index in [0.29, 0.717) is 11.3 Å². The molecule has 2 aromatic rings. The number of carbonyl (C=O) groups excluding carboxylic acids is 1. The molecule has 1 aliphatic rings. The minimum Gasteiger partial charge on any atom is -0.508 e. The lowest BCUT2D eigenvalue weighted by atomic mass is 9.93. The van der Waals surface area contributed by atoms with Crippen LogP contribution in [0.3, 0.4) is 0 Å². The van der Waals surface area contributed by atoms with E-state index >= 15 is 0 Å². The van der Waals surface area contributed by atoms with Crippen LogP contribution in [0.1, 0.15) is 29.8 Å². The SMILES string of the molecule is O=C(NC1CCC1)c1cc(-c2cccc(O)c2)on1. The van der Waals surface area contributed by atoms with Crippen LogP contribution in [0.2, 0.25) is 0 Å². The highest BCUT2D eigenvalue weighted by atomic mass is 16.5. The van der Waals surface area contributed by atoms with E-state index in [1.807, 2.05) is 0 Å². The summed E-state index contributed by atoms with van der Waals surface area (Å²) in [4.78, 5) is 11.9. The second kappa shape index (κ2) is 4.76. The van der Waals surface area contributed by atoms with Gasteiger partial charge in [-0.3, -0.25) is 4.79 Å². The van der Waals surface area contributed by atoms with Gasteiger partial charge in [0.15, 0.2) is 11.5 Å². The number of aromatic nitrogens is 1. The van der Waals surface area contributed by atoms with Crippen LogP contribution in [-0.4, -0.2) is 22.2 Å². The molecular formula is C14H14N2O3. The third-order valence-corrected chi connectivity index (χ3v) is 3.31. The summed E-state index contributed by atoms with van der Waals surface area (Å²) in [6.07, 6.45) is 3.23. The van der Waals surface area contributed by atoms with E-state index in [4.69, 9.17) is 4.52 Å². The third-order valence-electron chi connectivity index (χ3n) is 3.31. The van der Waals surface area contributed by atoms with Gasteiger partial charge in [0, 0.05) is 17.7 Å².